The smallest absolute Gasteiger partial charge is 0.138 e. The number of ether oxygens (including phenoxy) is 7. The molecule has 0 radical (unpaired) electrons. The molecule has 0 bridgehead atoms. The summed E-state index contributed by atoms with van der Waals surface area (Å²) in [5.41, 5.74) is 3.21. The summed E-state index contributed by atoms with van der Waals surface area (Å²) in [6, 6.07) is 0. The summed E-state index contributed by atoms with van der Waals surface area (Å²) in [6.07, 6.45) is 6.64. The maximum absolute atomic E-state index is 6.69. The second-order valence-corrected chi connectivity index (χ2v) is 8.52. The third-order valence-electron chi connectivity index (χ3n) is 4.68. The van der Waals surface area contributed by atoms with Crippen LogP contribution in [0, 0.1) is 0 Å². The van der Waals surface area contributed by atoms with Gasteiger partial charge in [-0.1, -0.05) is 31.9 Å². The molecule has 2 unspecified atom stereocenters. The number of methoxy groups -OCH3 is 6. The van der Waals surface area contributed by atoms with Crippen LogP contribution in [0.15, 0.2) is 67.8 Å². The van der Waals surface area contributed by atoms with E-state index in [1.54, 1.807) is 67.7 Å². The van der Waals surface area contributed by atoms with Gasteiger partial charge in [-0.2, -0.15) is 0 Å². The Morgan fingerprint density at radius 2 is 0.968 bits per heavy atom. The molecule has 0 amide bonds. The zero-order valence-corrected chi connectivity index (χ0v) is 21.7. The highest BCUT2D eigenvalue weighted by Gasteiger charge is 2.39. The fourth-order valence-corrected chi connectivity index (χ4v) is 4.99. The van der Waals surface area contributed by atoms with Crippen LogP contribution in [-0.2, 0) is 33.2 Å². The monoisotopic (exact) mass is 562 g/mol. The third-order valence-corrected chi connectivity index (χ3v) is 5.96. The molecule has 0 spiro atoms. The van der Waals surface area contributed by atoms with E-state index >= 15 is 0 Å². The van der Waals surface area contributed by atoms with Gasteiger partial charge in [-0.25, -0.2) is 0 Å². The number of halogens is 2. The largest absolute Gasteiger partial charge is 0.504 e. The molecule has 0 fully saturated rings. The SMILES string of the molecule is COC=C1CC(Br)=C(OC)C(=COC)C1OC1C(=COC)CC(Br)=C(OC)C1=COC. The van der Waals surface area contributed by atoms with Crippen molar-refractivity contribution in [2.75, 3.05) is 42.7 Å². The van der Waals surface area contributed by atoms with Gasteiger partial charge >= 0.3 is 0 Å². The maximum atomic E-state index is 6.69. The third kappa shape index (κ3) is 5.70. The summed E-state index contributed by atoms with van der Waals surface area (Å²) in [5, 5.41) is 0. The number of allylic oxidation sites excluding steroid dienone is 2. The Morgan fingerprint density at radius 1 is 0.613 bits per heavy atom. The van der Waals surface area contributed by atoms with Crippen LogP contribution in [0.4, 0.5) is 0 Å². The van der Waals surface area contributed by atoms with Crippen molar-refractivity contribution in [3.05, 3.63) is 67.8 Å². The van der Waals surface area contributed by atoms with Gasteiger partial charge in [-0.15, -0.1) is 0 Å². The van der Waals surface area contributed by atoms with Crippen molar-refractivity contribution in [1.82, 2.24) is 0 Å². The topological polar surface area (TPSA) is 64.6 Å². The first-order valence-electron chi connectivity index (χ1n) is 9.37. The molecule has 0 aromatic carbocycles. The summed E-state index contributed by atoms with van der Waals surface area (Å²) in [5.74, 6) is 1.29. The highest BCUT2D eigenvalue weighted by Crippen LogP contribution is 2.44. The Morgan fingerprint density at radius 3 is 1.26 bits per heavy atom. The number of hydrogen-bond donors (Lipinski definition) is 0. The second-order valence-electron chi connectivity index (χ2n) is 6.60. The van der Waals surface area contributed by atoms with Gasteiger partial charge in [0.15, 0.2) is 0 Å². The lowest BCUT2D eigenvalue weighted by atomic mass is 9.89. The van der Waals surface area contributed by atoms with Crippen molar-refractivity contribution in [2.24, 2.45) is 0 Å². The Kier molecular flexibility index (Phi) is 10.1. The molecule has 0 aliphatic heterocycles. The highest BCUT2D eigenvalue weighted by atomic mass is 79.9. The van der Waals surface area contributed by atoms with Crippen molar-refractivity contribution < 1.29 is 33.2 Å². The molecular weight excluding hydrogens is 536 g/mol. The van der Waals surface area contributed by atoms with Crippen LogP contribution in [0.5, 0.6) is 0 Å². The van der Waals surface area contributed by atoms with Crippen molar-refractivity contribution >= 4 is 31.9 Å². The van der Waals surface area contributed by atoms with Crippen molar-refractivity contribution in [1.29, 1.82) is 0 Å². The second kappa shape index (κ2) is 12.3. The molecule has 0 saturated heterocycles. The standard InChI is InChI=1S/C22H28Br2O7/c1-25-9-13-7-17(23)21(29-5)15(11-27-3)19(13)31-20-14(10-26-2)8-18(24)22(30-6)16(20)12-28-4/h9-12,19-20H,7-8H2,1-6H3. The van der Waals surface area contributed by atoms with Crippen LogP contribution in [0.2, 0.25) is 0 Å². The zero-order chi connectivity index (χ0) is 23.0. The van der Waals surface area contributed by atoms with E-state index in [4.69, 9.17) is 33.2 Å². The van der Waals surface area contributed by atoms with Crippen molar-refractivity contribution in [3.8, 4) is 0 Å². The van der Waals surface area contributed by atoms with E-state index in [9.17, 15) is 0 Å². The van der Waals surface area contributed by atoms with Crippen LogP contribution in [0.3, 0.4) is 0 Å². The quantitative estimate of drug-likeness (QED) is 0.377. The molecule has 2 atom stereocenters. The average Bonchev–Trinajstić information content (AvgIpc) is 2.73. The van der Waals surface area contributed by atoms with Gasteiger partial charge in [0.1, 0.15) is 23.7 Å². The predicted molar refractivity (Wildman–Crippen MR) is 124 cm³/mol. The lowest BCUT2D eigenvalue weighted by Gasteiger charge is -2.36. The highest BCUT2D eigenvalue weighted by molar-refractivity contribution is 9.12. The molecule has 2 rings (SSSR count). The van der Waals surface area contributed by atoms with E-state index in [1.807, 2.05) is 0 Å². The lowest BCUT2D eigenvalue weighted by Crippen LogP contribution is -2.34. The minimum absolute atomic E-state index is 0.517. The fourth-order valence-electron chi connectivity index (χ4n) is 3.56. The number of rotatable bonds is 8. The molecule has 2 aliphatic carbocycles. The van der Waals surface area contributed by atoms with Gasteiger partial charge in [0.25, 0.3) is 0 Å². The molecule has 31 heavy (non-hydrogen) atoms. The average molecular weight is 564 g/mol. The van der Waals surface area contributed by atoms with E-state index in [-0.39, 0.29) is 0 Å². The van der Waals surface area contributed by atoms with Crippen LogP contribution in [0.25, 0.3) is 0 Å². The summed E-state index contributed by atoms with van der Waals surface area (Å²) in [6.45, 7) is 0. The Labute approximate surface area is 200 Å². The molecule has 172 valence electrons. The minimum atomic E-state index is -0.517. The van der Waals surface area contributed by atoms with E-state index in [0.29, 0.717) is 35.5 Å². The normalized spacial score (nSPS) is 27.2. The molecular formula is C22H28Br2O7. The Balaban J connectivity index is 2.63. The van der Waals surface area contributed by atoms with E-state index in [0.717, 1.165) is 20.1 Å². The zero-order valence-electron chi connectivity index (χ0n) is 18.5. The van der Waals surface area contributed by atoms with Crippen LogP contribution < -0.4 is 0 Å². The van der Waals surface area contributed by atoms with Gasteiger partial charge < -0.3 is 33.2 Å². The van der Waals surface area contributed by atoms with Crippen LogP contribution in [0.1, 0.15) is 12.8 Å². The van der Waals surface area contributed by atoms with E-state index in [2.05, 4.69) is 31.9 Å². The van der Waals surface area contributed by atoms with Crippen LogP contribution >= 0.6 is 31.9 Å². The molecule has 7 nitrogen and oxygen atoms in total. The van der Waals surface area contributed by atoms with E-state index < -0.39 is 12.2 Å². The first kappa shape index (κ1) is 25.4. The Hall–Kier alpha value is -1.84. The van der Waals surface area contributed by atoms with Gasteiger partial charge in [-0.3, -0.25) is 0 Å². The summed E-state index contributed by atoms with van der Waals surface area (Å²) < 4.78 is 41.1. The molecule has 0 aromatic rings. The van der Waals surface area contributed by atoms with Crippen molar-refractivity contribution in [2.45, 2.75) is 25.0 Å². The Bertz CT molecular complexity index is 769. The maximum Gasteiger partial charge on any atom is 0.138 e. The molecule has 0 aromatic heterocycles. The minimum Gasteiger partial charge on any atom is -0.504 e. The van der Waals surface area contributed by atoms with Gasteiger partial charge in [-0.05, 0) is 0 Å². The fraction of sp³-hybridized carbons (Fsp3) is 0.455. The summed E-state index contributed by atoms with van der Waals surface area (Å²) in [4.78, 5) is 0. The molecule has 2 aliphatic rings. The first-order chi connectivity index (χ1) is 15.0. The number of hydrogen-bond acceptors (Lipinski definition) is 7. The van der Waals surface area contributed by atoms with Crippen LogP contribution in [-0.4, -0.2) is 54.9 Å². The molecule has 0 saturated carbocycles. The molecule has 0 heterocycles. The lowest BCUT2D eigenvalue weighted by molar-refractivity contribution is 0.0483. The summed E-state index contributed by atoms with van der Waals surface area (Å²) in [7, 11) is 9.58. The predicted octanol–water partition coefficient (Wildman–Crippen LogP) is 5.17. The van der Waals surface area contributed by atoms with Gasteiger partial charge in [0.05, 0.1) is 78.9 Å². The van der Waals surface area contributed by atoms with Crippen molar-refractivity contribution in [3.63, 3.8) is 0 Å². The van der Waals surface area contributed by atoms with Gasteiger partial charge in [0, 0.05) is 33.0 Å². The summed E-state index contributed by atoms with van der Waals surface area (Å²) >= 11 is 7.20. The molecule has 0 N–H and O–H groups in total. The first-order valence-corrected chi connectivity index (χ1v) is 11.0. The molecule has 9 heteroatoms. The van der Waals surface area contributed by atoms with Gasteiger partial charge in [0.2, 0.25) is 0 Å². The van der Waals surface area contributed by atoms with E-state index in [1.165, 1.54) is 0 Å².